The molecule has 0 spiro atoms. The van der Waals surface area contributed by atoms with Gasteiger partial charge in [-0.25, -0.2) is 0 Å². The van der Waals surface area contributed by atoms with Crippen LogP contribution in [0.25, 0.3) is 10.9 Å². The van der Waals surface area contributed by atoms with Crippen molar-refractivity contribution < 1.29 is 9.47 Å². The zero-order valence-corrected chi connectivity index (χ0v) is 17.1. The van der Waals surface area contributed by atoms with Gasteiger partial charge in [0.05, 0.1) is 31.6 Å². The van der Waals surface area contributed by atoms with E-state index in [2.05, 4.69) is 53.2 Å². The van der Waals surface area contributed by atoms with Crippen LogP contribution in [0.2, 0.25) is 0 Å². The minimum atomic E-state index is 0.842. The molecule has 5 heteroatoms. The quantitative estimate of drug-likeness (QED) is 0.662. The lowest BCUT2D eigenvalue weighted by atomic mass is 9.95. The molecule has 0 saturated carbocycles. The molecule has 28 heavy (non-hydrogen) atoms. The number of benzene rings is 2. The van der Waals surface area contributed by atoms with Crippen LogP contribution in [0.3, 0.4) is 0 Å². The number of hydrogen-bond donors (Lipinski definition) is 0. The van der Waals surface area contributed by atoms with E-state index in [4.69, 9.17) is 9.47 Å². The van der Waals surface area contributed by atoms with Crippen LogP contribution in [0.1, 0.15) is 36.1 Å². The van der Waals surface area contributed by atoms with Gasteiger partial charge in [-0.2, -0.15) is 10.2 Å². The maximum absolute atomic E-state index is 5.62. The number of anilines is 1. The van der Waals surface area contributed by atoms with Crippen molar-refractivity contribution in [2.24, 2.45) is 0 Å². The number of rotatable bonds is 5. The molecule has 5 nitrogen and oxygen atoms in total. The minimum Gasteiger partial charge on any atom is -0.496 e. The maximum atomic E-state index is 5.62. The van der Waals surface area contributed by atoms with E-state index in [-0.39, 0.29) is 0 Å². The third-order valence-electron chi connectivity index (χ3n) is 5.74. The largest absolute Gasteiger partial charge is 0.496 e. The number of aromatic nitrogens is 2. The van der Waals surface area contributed by atoms with Gasteiger partial charge >= 0.3 is 0 Å². The summed E-state index contributed by atoms with van der Waals surface area (Å²) < 4.78 is 11.2. The fraction of sp³-hybridized carbons (Fsp3) is 0.391. The Balaban J connectivity index is 1.75. The summed E-state index contributed by atoms with van der Waals surface area (Å²) in [5.41, 5.74) is 7.20. The Morgan fingerprint density at radius 2 is 1.64 bits per heavy atom. The molecule has 0 fully saturated rings. The molecule has 3 aromatic rings. The number of fused-ring (bicyclic) bond motifs is 2. The lowest BCUT2D eigenvalue weighted by Crippen LogP contribution is -2.30. The number of nitrogens with zero attached hydrogens (tertiary/aromatic N) is 3. The molecule has 0 saturated heterocycles. The SMILES string of the molecule is CCc1cc2c(cc1OC)CN(c1cnnc3cc(CC)c(OC)cc13)CC2. The van der Waals surface area contributed by atoms with Gasteiger partial charge in [0.1, 0.15) is 11.5 Å². The molecule has 0 aliphatic carbocycles. The Kier molecular flexibility index (Phi) is 5.07. The fourth-order valence-electron chi connectivity index (χ4n) is 4.14. The summed E-state index contributed by atoms with van der Waals surface area (Å²) in [6.45, 7) is 6.10. The normalized spacial score (nSPS) is 13.5. The maximum Gasteiger partial charge on any atom is 0.122 e. The van der Waals surface area contributed by atoms with E-state index < -0.39 is 0 Å². The Bertz CT molecular complexity index is 1020. The molecular formula is C23H27N3O2. The first-order valence-electron chi connectivity index (χ1n) is 9.94. The lowest BCUT2D eigenvalue weighted by molar-refractivity contribution is 0.409. The first-order chi connectivity index (χ1) is 13.7. The highest BCUT2D eigenvalue weighted by Crippen LogP contribution is 2.35. The van der Waals surface area contributed by atoms with Crippen molar-refractivity contribution in [3.63, 3.8) is 0 Å². The van der Waals surface area contributed by atoms with Crippen molar-refractivity contribution in [3.05, 3.63) is 52.7 Å². The first kappa shape index (κ1) is 18.5. The van der Waals surface area contributed by atoms with E-state index in [1.165, 1.54) is 16.7 Å². The van der Waals surface area contributed by atoms with E-state index in [0.29, 0.717) is 0 Å². The van der Waals surface area contributed by atoms with Crippen LogP contribution in [-0.2, 0) is 25.8 Å². The lowest BCUT2D eigenvalue weighted by Gasteiger charge is -2.32. The molecule has 2 heterocycles. The minimum absolute atomic E-state index is 0.842. The van der Waals surface area contributed by atoms with Crippen molar-refractivity contribution in [1.82, 2.24) is 10.2 Å². The van der Waals surface area contributed by atoms with Gasteiger partial charge in [-0.3, -0.25) is 0 Å². The van der Waals surface area contributed by atoms with Crippen LogP contribution in [0.5, 0.6) is 11.5 Å². The van der Waals surface area contributed by atoms with Crippen molar-refractivity contribution >= 4 is 16.6 Å². The fourth-order valence-corrected chi connectivity index (χ4v) is 4.14. The molecule has 0 atom stereocenters. The monoisotopic (exact) mass is 377 g/mol. The second-order valence-corrected chi connectivity index (χ2v) is 7.22. The molecule has 0 amide bonds. The van der Waals surface area contributed by atoms with E-state index in [1.54, 1.807) is 14.2 Å². The van der Waals surface area contributed by atoms with Crippen LogP contribution in [0.15, 0.2) is 30.5 Å². The van der Waals surface area contributed by atoms with Crippen molar-refractivity contribution in [2.45, 2.75) is 39.7 Å². The molecule has 4 rings (SSSR count). The van der Waals surface area contributed by atoms with E-state index in [9.17, 15) is 0 Å². The van der Waals surface area contributed by atoms with E-state index in [0.717, 1.165) is 66.0 Å². The molecule has 1 aliphatic rings. The number of methoxy groups -OCH3 is 2. The average molecular weight is 377 g/mol. The van der Waals surface area contributed by atoms with Gasteiger partial charge in [0.15, 0.2) is 0 Å². The summed E-state index contributed by atoms with van der Waals surface area (Å²) in [5.74, 6) is 1.89. The zero-order chi connectivity index (χ0) is 19.7. The molecule has 0 bridgehead atoms. The summed E-state index contributed by atoms with van der Waals surface area (Å²) in [6.07, 6.45) is 4.77. The Labute approximate surface area is 166 Å². The zero-order valence-electron chi connectivity index (χ0n) is 17.1. The van der Waals surface area contributed by atoms with Crippen LogP contribution in [0.4, 0.5) is 5.69 Å². The van der Waals surface area contributed by atoms with Gasteiger partial charge in [-0.15, -0.1) is 0 Å². The molecule has 0 radical (unpaired) electrons. The first-order valence-corrected chi connectivity index (χ1v) is 9.94. The van der Waals surface area contributed by atoms with Gasteiger partial charge in [-0.1, -0.05) is 19.9 Å². The van der Waals surface area contributed by atoms with Gasteiger partial charge in [0.25, 0.3) is 0 Å². The van der Waals surface area contributed by atoms with Gasteiger partial charge < -0.3 is 14.4 Å². The summed E-state index contributed by atoms with van der Waals surface area (Å²) in [7, 11) is 3.47. The molecule has 146 valence electrons. The van der Waals surface area contributed by atoms with Crippen LogP contribution >= 0.6 is 0 Å². The molecule has 2 aromatic carbocycles. The molecular weight excluding hydrogens is 350 g/mol. The number of ether oxygens (including phenoxy) is 2. The van der Waals surface area contributed by atoms with Gasteiger partial charge in [0.2, 0.25) is 0 Å². The van der Waals surface area contributed by atoms with Crippen molar-refractivity contribution in [2.75, 3.05) is 25.7 Å². The Morgan fingerprint density at radius 3 is 2.36 bits per heavy atom. The van der Waals surface area contributed by atoms with Crippen molar-refractivity contribution in [1.29, 1.82) is 0 Å². The Morgan fingerprint density at radius 1 is 0.929 bits per heavy atom. The molecule has 1 aliphatic heterocycles. The third kappa shape index (κ3) is 3.15. The highest BCUT2D eigenvalue weighted by molar-refractivity contribution is 5.92. The molecule has 1 aromatic heterocycles. The highest BCUT2D eigenvalue weighted by atomic mass is 16.5. The topological polar surface area (TPSA) is 47.5 Å². The second-order valence-electron chi connectivity index (χ2n) is 7.22. The highest BCUT2D eigenvalue weighted by Gasteiger charge is 2.21. The van der Waals surface area contributed by atoms with Crippen molar-refractivity contribution in [3.8, 4) is 11.5 Å². The smallest absolute Gasteiger partial charge is 0.122 e. The van der Waals surface area contributed by atoms with Crippen LogP contribution in [0, 0.1) is 0 Å². The van der Waals surface area contributed by atoms with Crippen LogP contribution < -0.4 is 14.4 Å². The summed E-state index contributed by atoms with van der Waals surface area (Å²) in [5, 5.41) is 9.73. The second kappa shape index (κ2) is 7.66. The molecule has 0 unspecified atom stereocenters. The van der Waals surface area contributed by atoms with E-state index in [1.807, 2.05) is 6.20 Å². The van der Waals surface area contributed by atoms with E-state index >= 15 is 0 Å². The van der Waals surface area contributed by atoms with Crippen LogP contribution in [-0.4, -0.2) is 31.0 Å². The summed E-state index contributed by atoms with van der Waals surface area (Å²) in [4.78, 5) is 2.38. The van der Waals surface area contributed by atoms with Gasteiger partial charge in [0, 0.05) is 18.5 Å². The Hall–Kier alpha value is -2.82. The average Bonchev–Trinajstić information content (AvgIpc) is 2.76. The van der Waals surface area contributed by atoms with Gasteiger partial charge in [-0.05, 0) is 59.7 Å². The summed E-state index contributed by atoms with van der Waals surface area (Å²) in [6, 6.07) is 8.71. The number of aryl methyl sites for hydroxylation is 2. The summed E-state index contributed by atoms with van der Waals surface area (Å²) >= 11 is 0. The number of hydrogen-bond acceptors (Lipinski definition) is 5. The third-order valence-corrected chi connectivity index (χ3v) is 5.74. The molecule has 0 N–H and O–H groups in total. The standard InChI is InChI=1S/C23H27N3O2/c1-5-15-9-17-7-8-26(14-18(17)11-22(15)27-3)21-13-24-25-20-10-16(6-2)23(28-4)12-19(20)21/h9-13H,5-8,14H2,1-4H3. The predicted molar refractivity (Wildman–Crippen MR) is 113 cm³/mol. The predicted octanol–water partition coefficient (Wildman–Crippen LogP) is 4.33.